The van der Waals surface area contributed by atoms with E-state index >= 15 is 0 Å². The van der Waals surface area contributed by atoms with E-state index in [-0.39, 0.29) is 4.90 Å². The monoisotopic (exact) mass is 432 g/mol. The molecular weight excluding hydrogens is 412 g/mol. The molecule has 0 aliphatic carbocycles. The number of hydrogen-bond acceptors (Lipinski definition) is 5. The lowest BCUT2D eigenvalue weighted by atomic mass is 10.2. The summed E-state index contributed by atoms with van der Waals surface area (Å²) in [6, 6.07) is 19.6. The lowest BCUT2D eigenvalue weighted by molar-refractivity contribution is 0.284. The second-order valence-electron chi connectivity index (χ2n) is 6.31. The molecule has 29 heavy (non-hydrogen) atoms. The van der Waals surface area contributed by atoms with Crippen LogP contribution in [0.25, 0.3) is 0 Å². The van der Waals surface area contributed by atoms with E-state index in [1.807, 2.05) is 36.4 Å². The maximum atomic E-state index is 11.3. The van der Waals surface area contributed by atoms with Crippen LogP contribution in [-0.4, -0.2) is 15.5 Å². The highest BCUT2D eigenvalue weighted by Crippen LogP contribution is 2.37. The number of primary sulfonamides is 1. The van der Waals surface area contributed by atoms with Crippen LogP contribution < -0.4 is 19.9 Å². The van der Waals surface area contributed by atoms with Crippen molar-refractivity contribution < 1.29 is 17.9 Å². The van der Waals surface area contributed by atoms with Crippen molar-refractivity contribution in [2.24, 2.45) is 5.14 Å². The molecule has 3 aromatic carbocycles. The quantitative estimate of drug-likeness (QED) is 0.557. The zero-order chi connectivity index (χ0) is 20.9. The zero-order valence-electron chi connectivity index (χ0n) is 15.8. The van der Waals surface area contributed by atoms with Gasteiger partial charge in [-0.25, -0.2) is 13.6 Å². The molecule has 152 valence electrons. The Kier molecular flexibility index (Phi) is 6.64. The predicted molar refractivity (Wildman–Crippen MR) is 114 cm³/mol. The smallest absolute Gasteiger partial charge is 0.238 e. The normalized spacial score (nSPS) is 11.1. The third-order valence-electron chi connectivity index (χ3n) is 4.19. The number of benzene rings is 3. The standard InChI is InChI=1S/C21H21ClN2O4S/c1-27-20-12-16(13-24-17-7-9-18(10-8-17)29(23,25)26)11-19(22)21(20)28-14-15-5-3-2-4-6-15/h2-12,24H,13-14H2,1H3,(H2,23,25,26). The van der Waals surface area contributed by atoms with Crippen molar-refractivity contribution in [3.63, 3.8) is 0 Å². The Bertz CT molecular complexity index is 1070. The third kappa shape index (κ3) is 5.63. The molecule has 3 aromatic rings. The van der Waals surface area contributed by atoms with E-state index in [1.54, 1.807) is 25.3 Å². The second-order valence-corrected chi connectivity index (χ2v) is 8.27. The Hall–Kier alpha value is -2.74. The number of methoxy groups -OCH3 is 1. The van der Waals surface area contributed by atoms with Gasteiger partial charge in [-0.05, 0) is 47.5 Å². The summed E-state index contributed by atoms with van der Waals surface area (Å²) >= 11 is 6.42. The molecule has 0 unspecified atom stereocenters. The van der Waals surface area contributed by atoms with Crippen LogP contribution in [0.3, 0.4) is 0 Å². The van der Waals surface area contributed by atoms with Crippen LogP contribution in [0.4, 0.5) is 5.69 Å². The van der Waals surface area contributed by atoms with Crippen molar-refractivity contribution in [3.05, 3.63) is 82.9 Å². The Morgan fingerprint density at radius 1 is 1.00 bits per heavy atom. The Balaban J connectivity index is 1.69. The van der Waals surface area contributed by atoms with Gasteiger partial charge in [0.15, 0.2) is 11.5 Å². The number of nitrogens with one attached hydrogen (secondary N) is 1. The van der Waals surface area contributed by atoms with Crippen LogP contribution in [0.1, 0.15) is 11.1 Å². The van der Waals surface area contributed by atoms with E-state index in [9.17, 15) is 8.42 Å². The lowest BCUT2D eigenvalue weighted by Crippen LogP contribution is -2.12. The maximum Gasteiger partial charge on any atom is 0.238 e. The molecule has 0 spiro atoms. The number of halogens is 1. The van der Waals surface area contributed by atoms with Gasteiger partial charge in [0.05, 0.1) is 17.0 Å². The summed E-state index contributed by atoms with van der Waals surface area (Å²) in [6.07, 6.45) is 0. The molecule has 0 saturated carbocycles. The average Bonchev–Trinajstić information content (AvgIpc) is 2.71. The van der Waals surface area contributed by atoms with E-state index < -0.39 is 10.0 Å². The molecule has 0 fully saturated rings. The minimum atomic E-state index is -3.71. The third-order valence-corrected chi connectivity index (χ3v) is 5.40. The summed E-state index contributed by atoms with van der Waals surface area (Å²) in [5, 5.41) is 8.76. The summed E-state index contributed by atoms with van der Waals surface area (Å²) < 4.78 is 34.0. The highest BCUT2D eigenvalue weighted by atomic mass is 35.5. The van der Waals surface area contributed by atoms with Gasteiger partial charge in [-0.2, -0.15) is 0 Å². The highest BCUT2D eigenvalue weighted by Gasteiger charge is 2.13. The molecular formula is C21H21ClN2O4S. The average molecular weight is 433 g/mol. The van der Waals surface area contributed by atoms with Gasteiger partial charge in [0.25, 0.3) is 0 Å². The lowest BCUT2D eigenvalue weighted by Gasteiger charge is -2.15. The fourth-order valence-electron chi connectivity index (χ4n) is 2.71. The van der Waals surface area contributed by atoms with Crippen molar-refractivity contribution in [1.82, 2.24) is 0 Å². The first-order valence-electron chi connectivity index (χ1n) is 8.76. The Labute approximate surface area is 175 Å². The number of nitrogens with two attached hydrogens (primary N) is 1. The van der Waals surface area contributed by atoms with Gasteiger partial charge in [-0.1, -0.05) is 41.9 Å². The van der Waals surface area contributed by atoms with Gasteiger partial charge < -0.3 is 14.8 Å². The Morgan fingerprint density at radius 2 is 1.69 bits per heavy atom. The van der Waals surface area contributed by atoms with Crippen molar-refractivity contribution in [3.8, 4) is 11.5 Å². The van der Waals surface area contributed by atoms with Gasteiger partial charge >= 0.3 is 0 Å². The van der Waals surface area contributed by atoms with E-state index in [4.69, 9.17) is 26.2 Å². The van der Waals surface area contributed by atoms with Gasteiger partial charge in [0.1, 0.15) is 6.61 Å². The van der Waals surface area contributed by atoms with Crippen molar-refractivity contribution in [1.29, 1.82) is 0 Å². The van der Waals surface area contributed by atoms with Crippen LogP contribution >= 0.6 is 11.6 Å². The van der Waals surface area contributed by atoms with Gasteiger partial charge in [-0.3, -0.25) is 0 Å². The minimum Gasteiger partial charge on any atom is -0.493 e. The number of sulfonamides is 1. The summed E-state index contributed by atoms with van der Waals surface area (Å²) in [5.41, 5.74) is 2.66. The summed E-state index contributed by atoms with van der Waals surface area (Å²) in [7, 11) is -2.15. The van der Waals surface area contributed by atoms with E-state index in [0.29, 0.717) is 29.7 Å². The van der Waals surface area contributed by atoms with E-state index in [2.05, 4.69) is 5.32 Å². The van der Waals surface area contributed by atoms with Gasteiger partial charge in [0.2, 0.25) is 10.0 Å². The molecule has 0 radical (unpaired) electrons. The molecule has 0 aliphatic heterocycles. The summed E-state index contributed by atoms with van der Waals surface area (Å²) in [6.45, 7) is 0.842. The van der Waals surface area contributed by atoms with Crippen LogP contribution in [0, 0.1) is 0 Å². The van der Waals surface area contributed by atoms with Crippen LogP contribution in [0.5, 0.6) is 11.5 Å². The number of anilines is 1. The predicted octanol–water partition coefficient (Wildman–Crippen LogP) is 4.19. The SMILES string of the molecule is COc1cc(CNc2ccc(S(N)(=O)=O)cc2)cc(Cl)c1OCc1ccccc1. The number of hydrogen-bond donors (Lipinski definition) is 2. The molecule has 8 heteroatoms. The Morgan fingerprint density at radius 3 is 2.31 bits per heavy atom. The largest absolute Gasteiger partial charge is 0.493 e. The molecule has 6 nitrogen and oxygen atoms in total. The van der Waals surface area contributed by atoms with Gasteiger partial charge in [0, 0.05) is 12.2 Å². The van der Waals surface area contributed by atoms with Crippen LogP contribution in [0.15, 0.2) is 71.6 Å². The summed E-state index contributed by atoms with van der Waals surface area (Å²) in [5.74, 6) is 1.02. The number of ether oxygens (including phenoxy) is 2. The molecule has 0 heterocycles. The zero-order valence-corrected chi connectivity index (χ0v) is 17.3. The number of rotatable bonds is 8. The van der Waals surface area contributed by atoms with Crippen molar-refractivity contribution in [2.45, 2.75) is 18.0 Å². The topological polar surface area (TPSA) is 90.6 Å². The first kappa shape index (κ1) is 21.0. The van der Waals surface area contributed by atoms with Crippen LogP contribution in [-0.2, 0) is 23.2 Å². The summed E-state index contributed by atoms with van der Waals surface area (Å²) in [4.78, 5) is 0.0627. The molecule has 0 aliphatic rings. The highest BCUT2D eigenvalue weighted by molar-refractivity contribution is 7.89. The first-order chi connectivity index (χ1) is 13.9. The van der Waals surface area contributed by atoms with Gasteiger partial charge in [-0.15, -0.1) is 0 Å². The molecule has 3 N–H and O–H groups in total. The molecule has 0 atom stereocenters. The van der Waals surface area contributed by atoms with Crippen molar-refractivity contribution in [2.75, 3.05) is 12.4 Å². The van der Waals surface area contributed by atoms with Crippen molar-refractivity contribution >= 4 is 27.3 Å². The molecule has 0 bridgehead atoms. The molecule has 3 rings (SSSR count). The fraction of sp³-hybridized carbons (Fsp3) is 0.143. The molecule has 0 amide bonds. The molecule has 0 saturated heterocycles. The van der Waals surface area contributed by atoms with E-state index in [0.717, 1.165) is 16.8 Å². The van der Waals surface area contributed by atoms with E-state index in [1.165, 1.54) is 12.1 Å². The maximum absolute atomic E-state index is 11.3. The first-order valence-corrected chi connectivity index (χ1v) is 10.7. The second kappa shape index (κ2) is 9.17. The minimum absolute atomic E-state index is 0.0627. The van der Waals surface area contributed by atoms with Crippen LogP contribution in [0.2, 0.25) is 5.02 Å². The fourth-order valence-corrected chi connectivity index (χ4v) is 3.51. The molecule has 0 aromatic heterocycles.